The second-order valence-electron chi connectivity index (χ2n) is 5.09. The molecule has 0 spiro atoms. The Morgan fingerprint density at radius 1 is 0.611 bits per heavy atom. The van der Waals surface area contributed by atoms with Crippen LogP contribution in [-0.4, -0.2) is 0 Å². The van der Waals surface area contributed by atoms with E-state index in [0.29, 0.717) is 0 Å². The average Bonchev–Trinajstić information content (AvgIpc) is 2.39. The standard InChI is InChI=1S/C18H33/c1-3-5-7-9-11-13-15-17-18-16-14-12-10-8-6-4-2/h4-7H,1,3,8-18H2,2H3. The smallest absolute Gasteiger partial charge is 0.0351 e. The van der Waals surface area contributed by atoms with Crippen molar-refractivity contribution in [2.45, 2.75) is 84.0 Å². The van der Waals surface area contributed by atoms with Crippen molar-refractivity contribution in [2.75, 3.05) is 0 Å². The zero-order chi connectivity index (χ0) is 13.3. The van der Waals surface area contributed by atoms with Crippen LogP contribution in [0.25, 0.3) is 0 Å². The van der Waals surface area contributed by atoms with Gasteiger partial charge in [0, 0.05) is 0 Å². The van der Waals surface area contributed by atoms with E-state index in [4.69, 9.17) is 0 Å². The highest BCUT2D eigenvalue weighted by molar-refractivity contribution is 4.81. The second-order valence-corrected chi connectivity index (χ2v) is 5.09. The summed E-state index contributed by atoms with van der Waals surface area (Å²) in [5, 5.41) is 0. The van der Waals surface area contributed by atoms with Gasteiger partial charge in [-0.05, 0) is 46.0 Å². The minimum absolute atomic E-state index is 0.939. The molecule has 0 saturated heterocycles. The van der Waals surface area contributed by atoms with Gasteiger partial charge in [0.1, 0.15) is 0 Å². The van der Waals surface area contributed by atoms with Crippen LogP contribution in [0.2, 0.25) is 0 Å². The molecule has 0 heterocycles. The van der Waals surface area contributed by atoms with Crippen LogP contribution in [-0.2, 0) is 0 Å². The fraction of sp³-hybridized carbons (Fsp3) is 0.722. The van der Waals surface area contributed by atoms with Crippen molar-refractivity contribution < 1.29 is 0 Å². The van der Waals surface area contributed by atoms with E-state index in [1.807, 2.05) is 0 Å². The Kier molecular flexibility index (Phi) is 16.0. The molecule has 0 bridgehead atoms. The molecule has 0 fully saturated rings. The lowest BCUT2D eigenvalue weighted by Crippen LogP contribution is -1.81. The molecule has 0 aliphatic rings. The molecule has 0 aliphatic heterocycles. The topological polar surface area (TPSA) is 0 Å². The molecule has 1 radical (unpaired) electrons. The predicted molar refractivity (Wildman–Crippen MR) is 84.7 cm³/mol. The summed E-state index contributed by atoms with van der Waals surface area (Å²) in [7, 11) is 0. The van der Waals surface area contributed by atoms with Crippen LogP contribution in [0.1, 0.15) is 84.0 Å². The van der Waals surface area contributed by atoms with Crippen molar-refractivity contribution >= 4 is 0 Å². The SMILES string of the molecule is [CH2]CC=CCCCCCCCCCCCC=CC. The van der Waals surface area contributed by atoms with Gasteiger partial charge < -0.3 is 0 Å². The summed E-state index contributed by atoms with van der Waals surface area (Å²) in [5.74, 6) is 0. The Balaban J connectivity index is 2.96. The zero-order valence-corrected chi connectivity index (χ0v) is 12.5. The molecule has 0 aromatic carbocycles. The van der Waals surface area contributed by atoms with E-state index in [0.717, 1.165) is 6.42 Å². The Morgan fingerprint density at radius 2 is 1.06 bits per heavy atom. The van der Waals surface area contributed by atoms with E-state index in [9.17, 15) is 0 Å². The van der Waals surface area contributed by atoms with Crippen LogP contribution in [0.3, 0.4) is 0 Å². The minimum Gasteiger partial charge on any atom is -0.0917 e. The number of allylic oxidation sites excluding steroid dienone is 4. The van der Waals surface area contributed by atoms with Gasteiger partial charge in [0.25, 0.3) is 0 Å². The monoisotopic (exact) mass is 249 g/mol. The summed E-state index contributed by atoms with van der Waals surface area (Å²) in [4.78, 5) is 0. The van der Waals surface area contributed by atoms with E-state index in [1.54, 1.807) is 0 Å². The van der Waals surface area contributed by atoms with E-state index in [-0.39, 0.29) is 0 Å². The lowest BCUT2D eigenvalue weighted by molar-refractivity contribution is 0.561. The summed E-state index contributed by atoms with van der Waals surface area (Å²) in [5.41, 5.74) is 0. The van der Waals surface area contributed by atoms with Crippen molar-refractivity contribution in [3.63, 3.8) is 0 Å². The third-order valence-corrected chi connectivity index (χ3v) is 3.31. The van der Waals surface area contributed by atoms with Crippen molar-refractivity contribution in [1.82, 2.24) is 0 Å². The molecular formula is C18H33. The second kappa shape index (κ2) is 16.5. The lowest BCUT2D eigenvalue weighted by Gasteiger charge is -2.01. The van der Waals surface area contributed by atoms with E-state index < -0.39 is 0 Å². The van der Waals surface area contributed by atoms with Crippen molar-refractivity contribution in [3.05, 3.63) is 31.2 Å². The molecule has 105 valence electrons. The van der Waals surface area contributed by atoms with E-state index >= 15 is 0 Å². The van der Waals surface area contributed by atoms with E-state index in [2.05, 4.69) is 38.2 Å². The first-order valence-corrected chi connectivity index (χ1v) is 7.97. The molecule has 18 heavy (non-hydrogen) atoms. The van der Waals surface area contributed by atoms with Crippen molar-refractivity contribution in [3.8, 4) is 0 Å². The summed E-state index contributed by atoms with van der Waals surface area (Å²) >= 11 is 0. The fourth-order valence-corrected chi connectivity index (χ4v) is 2.16. The molecule has 0 aromatic rings. The third-order valence-electron chi connectivity index (χ3n) is 3.31. The highest BCUT2D eigenvalue weighted by Crippen LogP contribution is 2.11. The van der Waals surface area contributed by atoms with Gasteiger partial charge in [0.2, 0.25) is 0 Å². The first kappa shape index (κ1) is 17.5. The first-order valence-electron chi connectivity index (χ1n) is 7.97. The predicted octanol–water partition coefficient (Wildman–Crippen LogP) is 6.63. The molecule has 0 N–H and O–H groups in total. The molecule has 0 amide bonds. The Hall–Kier alpha value is -0.520. The number of unbranched alkanes of at least 4 members (excludes halogenated alkanes) is 10. The lowest BCUT2D eigenvalue weighted by atomic mass is 10.1. The molecule has 0 aromatic heterocycles. The highest BCUT2D eigenvalue weighted by atomic mass is 14.0. The maximum Gasteiger partial charge on any atom is -0.0351 e. The third kappa shape index (κ3) is 15.5. The molecule has 0 nitrogen and oxygen atoms in total. The summed E-state index contributed by atoms with van der Waals surface area (Å²) in [6.45, 7) is 5.90. The Morgan fingerprint density at radius 3 is 1.50 bits per heavy atom. The molecule has 0 aliphatic carbocycles. The fourth-order valence-electron chi connectivity index (χ4n) is 2.16. The Labute approximate surface area is 116 Å². The van der Waals surface area contributed by atoms with Gasteiger partial charge in [-0.3, -0.25) is 0 Å². The molecule has 0 heteroatoms. The van der Waals surface area contributed by atoms with E-state index in [1.165, 1.54) is 70.6 Å². The van der Waals surface area contributed by atoms with Crippen molar-refractivity contribution in [2.24, 2.45) is 0 Å². The van der Waals surface area contributed by atoms with Gasteiger partial charge in [-0.2, -0.15) is 0 Å². The Bertz CT molecular complexity index is 188. The minimum atomic E-state index is 0.939. The average molecular weight is 249 g/mol. The molecular weight excluding hydrogens is 216 g/mol. The van der Waals surface area contributed by atoms with Crippen LogP contribution < -0.4 is 0 Å². The maximum atomic E-state index is 3.79. The number of hydrogen-bond donors (Lipinski definition) is 0. The van der Waals surface area contributed by atoms with Crippen molar-refractivity contribution in [1.29, 1.82) is 0 Å². The van der Waals surface area contributed by atoms with Crippen LogP contribution in [0, 0.1) is 6.92 Å². The van der Waals surface area contributed by atoms with Crippen LogP contribution in [0.15, 0.2) is 24.3 Å². The highest BCUT2D eigenvalue weighted by Gasteiger charge is 1.91. The number of hydrogen-bond acceptors (Lipinski definition) is 0. The molecule has 0 unspecified atom stereocenters. The van der Waals surface area contributed by atoms with Gasteiger partial charge in [-0.1, -0.05) is 69.2 Å². The molecule has 0 atom stereocenters. The summed E-state index contributed by atoms with van der Waals surface area (Å²) < 4.78 is 0. The first-order chi connectivity index (χ1) is 8.91. The number of rotatable bonds is 13. The van der Waals surface area contributed by atoms with Crippen LogP contribution in [0.4, 0.5) is 0 Å². The van der Waals surface area contributed by atoms with Gasteiger partial charge >= 0.3 is 0 Å². The largest absolute Gasteiger partial charge is 0.0917 e. The summed E-state index contributed by atoms with van der Waals surface area (Å²) in [6.07, 6.45) is 25.1. The van der Waals surface area contributed by atoms with Gasteiger partial charge in [-0.15, -0.1) is 0 Å². The van der Waals surface area contributed by atoms with Gasteiger partial charge in [-0.25, -0.2) is 0 Å². The van der Waals surface area contributed by atoms with Crippen LogP contribution >= 0.6 is 0 Å². The normalized spacial score (nSPS) is 11.9. The summed E-state index contributed by atoms with van der Waals surface area (Å²) in [6, 6.07) is 0. The maximum absolute atomic E-state index is 3.79. The molecule has 0 rings (SSSR count). The van der Waals surface area contributed by atoms with Crippen LogP contribution in [0.5, 0.6) is 0 Å². The van der Waals surface area contributed by atoms with Gasteiger partial charge in [0.15, 0.2) is 0 Å². The molecule has 0 saturated carbocycles. The zero-order valence-electron chi connectivity index (χ0n) is 12.5. The van der Waals surface area contributed by atoms with Gasteiger partial charge in [0.05, 0.1) is 0 Å². The quantitative estimate of drug-likeness (QED) is 0.254.